The molecule has 2 rings (SSSR count). The minimum absolute atomic E-state index is 0.0620. The third kappa shape index (κ3) is 5.85. The summed E-state index contributed by atoms with van der Waals surface area (Å²) in [5.74, 6) is -0.476. The molecule has 0 aliphatic rings. The lowest BCUT2D eigenvalue weighted by Gasteiger charge is -2.25. The highest BCUT2D eigenvalue weighted by Crippen LogP contribution is 2.29. The Hall–Kier alpha value is -1.80. The lowest BCUT2D eigenvalue weighted by Crippen LogP contribution is -2.44. The van der Waals surface area contributed by atoms with E-state index in [1.165, 1.54) is 37.4 Å². The number of carbonyl (C=O) groups is 1. The molecule has 1 atom stereocenters. The quantitative estimate of drug-likeness (QED) is 0.673. The molecular weight excluding hydrogens is 423 g/mol. The van der Waals surface area contributed by atoms with Crippen molar-refractivity contribution in [2.75, 3.05) is 24.6 Å². The smallest absolute Gasteiger partial charge is 0.264 e. The molecule has 0 unspecified atom stereocenters. The van der Waals surface area contributed by atoms with Crippen LogP contribution in [0.2, 0.25) is 10.0 Å². The second-order valence-corrected chi connectivity index (χ2v) is 9.11. The molecule has 6 nitrogen and oxygen atoms in total. The predicted octanol–water partition coefficient (Wildman–Crippen LogP) is 3.65. The molecule has 0 aromatic heterocycles. The molecule has 1 N–H and O–H groups in total. The molecule has 28 heavy (non-hydrogen) atoms. The molecule has 0 saturated heterocycles. The fourth-order valence-corrected chi connectivity index (χ4v) is 4.50. The summed E-state index contributed by atoms with van der Waals surface area (Å²) in [7, 11) is -2.50. The molecule has 2 aromatic carbocycles. The molecule has 0 bridgehead atoms. The van der Waals surface area contributed by atoms with Crippen LogP contribution >= 0.6 is 23.2 Å². The predicted molar refractivity (Wildman–Crippen MR) is 112 cm³/mol. The van der Waals surface area contributed by atoms with Crippen molar-refractivity contribution in [3.63, 3.8) is 0 Å². The first kappa shape index (κ1) is 22.5. The maximum atomic E-state index is 13.2. The minimum Gasteiger partial charge on any atom is -0.383 e. The third-order valence-corrected chi connectivity index (χ3v) is 6.08. The normalized spacial score (nSPS) is 12.5. The number of anilines is 1. The summed E-state index contributed by atoms with van der Waals surface area (Å²) in [5, 5.41) is 3.23. The SMILES string of the molecule is COC[C@H](C)NC(=O)CN(c1cc(Cl)cc(Cl)c1)S(=O)(=O)c1ccc(C)cc1. The van der Waals surface area contributed by atoms with Crippen molar-refractivity contribution in [1.29, 1.82) is 0 Å². The summed E-state index contributed by atoms with van der Waals surface area (Å²) in [6.45, 7) is 3.49. The van der Waals surface area contributed by atoms with E-state index in [0.29, 0.717) is 6.61 Å². The van der Waals surface area contributed by atoms with Gasteiger partial charge in [-0.3, -0.25) is 9.10 Å². The van der Waals surface area contributed by atoms with Crippen molar-refractivity contribution in [1.82, 2.24) is 5.32 Å². The first-order valence-electron chi connectivity index (χ1n) is 8.47. The van der Waals surface area contributed by atoms with E-state index in [1.54, 1.807) is 19.1 Å². The highest BCUT2D eigenvalue weighted by atomic mass is 35.5. The number of halogens is 2. The van der Waals surface area contributed by atoms with E-state index in [2.05, 4.69) is 5.32 Å². The summed E-state index contributed by atoms with van der Waals surface area (Å²) in [6.07, 6.45) is 0. The largest absolute Gasteiger partial charge is 0.383 e. The summed E-state index contributed by atoms with van der Waals surface area (Å²) >= 11 is 12.1. The molecule has 0 radical (unpaired) electrons. The van der Waals surface area contributed by atoms with Gasteiger partial charge in [-0.15, -0.1) is 0 Å². The van der Waals surface area contributed by atoms with Crippen molar-refractivity contribution in [3.8, 4) is 0 Å². The molecule has 152 valence electrons. The number of ether oxygens (including phenoxy) is 1. The Morgan fingerprint density at radius 2 is 1.71 bits per heavy atom. The van der Waals surface area contributed by atoms with E-state index in [4.69, 9.17) is 27.9 Å². The van der Waals surface area contributed by atoms with Gasteiger partial charge in [0.2, 0.25) is 5.91 Å². The van der Waals surface area contributed by atoms with Crippen LogP contribution in [0.1, 0.15) is 12.5 Å². The van der Waals surface area contributed by atoms with E-state index in [-0.39, 0.29) is 26.7 Å². The van der Waals surface area contributed by atoms with Gasteiger partial charge in [0.1, 0.15) is 6.54 Å². The molecule has 0 saturated carbocycles. The van der Waals surface area contributed by atoms with E-state index in [1.807, 2.05) is 6.92 Å². The van der Waals surface area contributed by atoms with Gasteiger partial charge in [0, 0.05) is 23.2 Å². The van der Waals surface area contributed by atoms with Gasteiger partial charge in [0.25, 0.3) is 10.0 Å². The number of methoxy groups -OCH3 is 1. The van der Waals surface area contributed by atoms with E-state index in [9.17, 15) is 13.2 Å². The number of sulfonamides is 1. The number of hydrogen-bond acceptors (Lipinski definition) is 4. The van der Waals surface area contributed by atoms with Crippen molar-refractivity contribution >= 4 is 44.8 Å². The highest BCUT2D eigenvalue weighted by Gasteiger charge is 2.28. The Morgan fingerprint density at radius 3 is 2.25 bits per heavy atom. The molecule has 0 heterocycles. The van der Waals surface area contributed by atoms with Crippen molar-refractivity contribution in [3.05, 3.63) is 58.1 Å². The van der Waals surface area contributed by atoms with E-state index >= 15 is 0 Å². The fraction of sp³-hybridized carbons (Fsp3) is 0.316. The monoisotopic (exact) mass is 444 g/mol. The zero-order valence-corrected chi connectivity index (χ0v) is 18.1. The first-order chi connectivity index (χ1) is 13.1. The average Bonchev–Trinajstić information content (AvgIpc) is 2.59. The molecule has 0 fully saturated rings. The van der Waals surface area contributed by atoms with Crippen molar-refractivity contribution < 1.29 is 17.9 Å². The van der Waals surface area contributed by atoms with Gasteiger partial charge in [-0.25, -0.2) is 8.42 Å². The number of nitrogens with one attached hydrogen (secondary N) is 1. The summed E-state index contributed by atoms with van der Waals surface area (Å²) in [6, 6.07) is 10.5. The number of benzene rings is 2. The average molecular weight is 445 g/mol. The van der Waals surface area contributed by atoms with Crippen molar-refractivity contribution in [2.24, 2.45) is 0 Å². The maximum absolute atomic E-state index is 13.2. The van der Waals surface area contributed by atoms with Crippen LogP contribution in [-0.2, 0) is 19.6 Å². The van der Waals surface area contributed by atoms with Gasteiger partial charge in [0.05, 0.1) is 17.2 Å². The van der Waals surface area contributed by atoms with Gasteiger partial charge in [-0.1, -0.05) is 40.9 Å². The molecule has 0 aliphatic heterocycles. The van der Waals surface area contributed by atoms with E-state index < -0.39 is 22.5 Å². The van der Waals surface area contributed by atoms with Crippen LogP contribution in [0.3, 0.4) is 0 Å². The molecule has 9 heteroatoms. The van der Waals surface area contributed by atoms with Gasteiger partial charge < -0.3 is 10.1 Å². The lowest BCUT2D eigenvalue weighted by molar-refractivity contribution is -0.120. The summed E-state index contributed by atoms with van der Waals surface area (Å²) in [4.78, 5) is 12.5. The second kappa shape index (κ2) is 9.60. The van der Waals surface area contributed by atoms with Crippen LogP contribution in [-0.4, -0.2) is 40.6 Å². The molecule has 2 aromatic rings. The number of hydrogen-bond donors (Lipinski definition) is 1. The Labute approximate surface area is 175 Å². The maximum Gasteiger partial charge on any atom is 0.264 e. The molecule has 0 aliphatic carbocycles. The van der Waals surface area contributed by atoms with Crippen LogP contribution < -0.4 is 9.62 Å². The Morgan fingerprint density at radius 1 is 1.14 bits per heavy atom. The number of amides is 1. The van der Waals surface area contributed by atoms with Gasteiger partial charge in [0.15, 0.2) is 0 Å². The summed E-state index contributed by atoms with van der Waals surface area (Å²) < 4.78 is 32.5. The molecule has 0 spiro atoms. The molecule has 1 amide bonds. The Balaban J connectivity index is 2.43. The number of aryl methyl sites for hydroxylation is 1. The zero-order valence-electron chi connectivity index (χ0n) is 15.8. The van der Waals surface area contributed by atoms with Crippen LogP contribution in [0.25, 0.3) is 0 Å². The van der Waals surface area contributed by atoms with E-state index in [0.717, 1.165) is 9.87 Å². The van der Waals surface area contributed by atoms with Crippen molar-refractivity contribution in [2.45, 2.75) is 24.8 Å². The first-order valence-corrected chi connectivity index (χ1v) is 10.7. The number of carbonyl (C=O) groups excluding carboxylic acids is 1. The van der Waals surface area contributed by atoms with Gasteiger partial charge >= 0.3 is 0 Å². The number of nitrogens with zero attached hydrogens (tertiary/aromatic N) is 1. The molecular formula is C19H22Cl2N2O4S. The fourth-order valence-electron chi connectivity index (χ4n) is 2.58. The number of rotatable bonds is 8. The third-order valence-electron chi connectivity index (χ3n) is 3.86. The zero-order chi connectivity index (χ0) is 20.9. The van der Waals surface area contributed by atoms with Crippen LogP contribution in [0, 0.1) is 6.92 Å². The van der Waals surface area contributed by atoms with Gasteiger partial charge in [-0.2, -0.15) is 0 Å². The van der Waals surface area contributed by atoms with Crippen LogP contribution in [0.5, 0.6) is 0 Å². The summed E-state index contributed by atoms with van der Waals surface area (Å²) in [5.41, 5.74) is 1.12. The Kier molecular flexibility index (Phi) is 7.71. The Bertz CT molecular complexity index is 913. The second-order valence-electron chi connectivity index (χ2n) is 6.38. The lowest BCUT2D eigenvalue weighted by atomic mass is 10.2. The van der Waals surface area contributed by atoms with Crippen LogP contribution in [0.15, 0.2) is 47.4 Å². The highest BCUT2D eigenvalue weighted by molar-refractivity contribution is 7.92. The minimum atomic E-state index is -4.02. The van der Waals surface area contributed by atoms with Gasteiger partial charge in [-0.05, 0) is 44.2 Å². The van der Waals surface area contributed by atoms with Crippen LogP contribution in [0.4, 0.5) is 5.69 Å². The standard InChI is InChI=1S/C19H22Cl2N2O4S/c1-13-4-6-18(7-5-13)28(25,26)23(11-19(24)22-14(2)12-27-3)17-9-15(20)8-16(21)10-17/h4-10,14H,11-12H2,1-3H3,(H,22,24)/t14-/m0/s1. The topological polar surface area (TPSA) is 75.7 Å².